The van der Waals surface area contributed by atoms with Crippen LogP contribution in [0.25, 0.3) is 0 Å². The van der Waals surface area contributed by atoms with Gasteiger partial charge in [-0.2, -0.15) is 0 Å². The molecule has 1 aliphatic rings. The molecule has 0 spiro atoms. The molecule has 2 heterocycles. The zero-order valence-corrected chi connectivity index (χ0v) is 16.1. The molecule has 1 aromatic carbocycles. The molecule has 1 aliphatic heterocycles. The molecule has 0 saturated carbocycles. The molecule has 0 N–H and O–H groups in total. The first-order valence-electron chi connectivity index (χ1n) is 9.27. The first-order chi connectivity index (χ1) is 12.5. The number of hydrogen-bond acceptors (Lipinski definition) is 4. The average molecular weight is 352 g/mol. The molecular weight excluding hydrogens is 324 g/mol. The van der Waals surface area contributed by atoms with E-state index in [1.165, 1.54) is 0 Å². The fraction of sp³-hybridized carbons (Fsp3) is 0.476. The number of benzene rings is 1. The Kier molecular flexibility index (Phi) is 5.67. The number of carbonyl (C=O) groups is 1. The molecule has 2 aromatic rings. The molecule has 1 amide bonds. The zero-order chi connectivity index (χ0) is 18.7. The highest BCUT2D eigenvalue weighted by atomic mass is 16.2. The van der Waals surface area contributed by atoms with Gasteiger partial charge in [-0.05, 0) is 58.0 Å². The molecule has 26 heavy (non-hydrogen) atoms. The summed E-state index contributed by atoms with van der Waals surface area (Å²) in [6.07, 6.45) is 3.74. The van der Waals surface area contributed by atoms with Crippen LogP contribution in [-0.2, 0) is 4.79 Å². The Bertz CT molecular complexity index is 766. The number of rotatable bonds is 4. The van der Waals surface area contributed by atoms with Crippen molar-refractivity contribution in [2.75, 3.05) is 27.2 Å². The molecule has 5 heteroatoms. The fourth-order valence-electron chi connectivity index (χ4n) is 3.80. The number of carbonyl (C=O) groups excluding carboxylic acids is 1. The predicted molar refractivity (Wildman–Crippen MR) is 103 cm³/mol. The number of hydrogen-bond donors (Lipinski definition) is 0. The van der Waals surface area contributed by atoms with Crippen molar-refractivity contribution in [2.24, 2.45) is 0 Å². The molecular formula is C21H28N4O. The van der Waals surface area contributed by atoms with E-state index in [9.17, 15) is 4.79 Å². The Labute approximate surface area is 156 Å². The van der Waals surface area contributed by atoms with Crippen molar-refractivity contribution in [1.29, 1.82) is 0 Å². The van der Waals surface area contributed by atoms with Gasteiger partial charge in [-0.1, -0.05) is 24.3 Å². The average Bonchev–Trinajstić information content (AvgIpc) is 2.63. The number of likely N-dealkylation sites (N-methyl/N-ethyl adjacent to an activating group) is 1. The maximum absolute atomic E-state index is 13.2. The minimum absolute atomic E-state index is 0.196. The number of likely N-dealkylation sites (tertiary alicyclic amines) is 1. The van der Waals surface area contributed by atoms with Crippen molar-refractivity contribution in [1.82, 2.24) is 19.8 Å². The van der Waals surface area contributed by atoms with Crippen LogP contribution >= 0.6 is 0 Å². The van der Waals surface area contributed by atoms with Crippen molar-refractivity contribution in [3.8, 4) is 0 Å². The maximum atomic E-state index is 13.2. The van der Waals surface area contributed by atoms with Crippen molar-refractivity contribution in [3.05, 3.63) is 59.2 Å². The van der Waals surface area contributed by atoms with Crippen LogP contribution in [0.2, 0.25) is 0 Å². The van der Waals surface area contributed by atoms with E-state index in [1.54, 1.807) is 0 Å². The van der Waals surface area contributed by atoms with Crippen LogP contribution in [0.3, 0.4) is 0 Å². The lowest BCUT2D eigenvalue weighted by Crippen LogP contribution is -2.44. The number of nitrogens with zero attached hydrogens (tertiary/aromatic N) is 4. The summed E-state index contributed by atoms with van der Waals surface area (Å²) in [7, 11) is 3.96. The maximum Gasteiger partial charge on any atom is 0.244 e. The van der Waals surface area contributed by atoms with Crippen LogP contribution in [0.15, 0.2) is 36.5 Å². The van der Waals surface area contributed by atoms with E-state index >= 15 is 0 Å². The molecule has 138 valence electrons. The summed E-state index contributed by atoms with van der Waals surface area (Å²) in [4.78, 5) is 26.0. The van der Waals surface area contributed by atoms with Crippen LogP contribution < -0.4 is 0 Å². The molecule has 1 atom stereocenters. The van der Waals surface area contributed by atoms with E-state index in [2.05, 4.69) is 29.0 Å². The molecule has 1 aromatic heterocycles. The number of aryl methyl sites for hydroxylation is 2. The Hall–Kier alpha value is -2.27. The summed E-state index contributed by atoms with van der Waals surface area (Å²) in [6.45, 7) is 5.56. The molecule has 1 saturated heterocycles. The molecule has 0 bridgehead atoms. The van der Waals surface area contributed by atoms with E-state index in [4.69, 9.17) is 0 Å². The summed E-state index contributed by atoms with van der Waals surface area (Å²) in [5.74, 6) is 1.42. The first kappa shape index (κ1) is 18.5. The second-order valence-corrected chi connectivity index (χ2v) is 7.35. The fourth-order valence-corrected chi connectivity index (χ4v) is 3.80. The van der Waals surface area contributed by atoms with Gasteiger partial charge in [0.05, 0.1) is 0 Å². The van der Waals surface area contributed by atoms with Gasteiger partial charge >= 0.3 is 0 Å². The van der Waals surface area contributed by atoms with E-state index in [0.29, 0.717) is 5.92 Å². The van der Waals surface area contributed by atoms with Crippen LogP contribution in [0.4, 0.5) is 0 Å². The Morgan fingerprint density at radius 1 is 1.15 bits per heavy atom. The third kappa shape index (κ3) is 3.93. The number of piperidine rings is 1. The SMILES string of the molecule is Cc1nccc(C2CCN(C(=O)C(c3ccccc3C)N(C)C)CC2)n1. The summed E-state index contributed by atoms with van der Waals surface area (Å²) < 4.78 is 0. The molecule has 1 fully saturated rings. The van der Waals surface area contributed by atoms with Crippen LogP contribution in [0.1, 0.15) is 47.4 Å². The normalized spacial score (nSPS) is 16.7. The van der Waals surface area contributed by atoms with Crippen molar-refractivity contribution in [2.45, 2.75) is 38.6 Å². The van der Waals surface area contributed by atoms with Crippen LogP contribution in [-0.4, -0.2) is 52.9 Å². The first-order valence-corrected chi connectivity index (χ1v) is 9.27. The van der Waals surface area contributed by atoms with E-state index in [0.717, 1.165) is 48.6 Å². The molecule has 1 unspecified atom stereocenters. The lowest BCUT2D eigenvalue weighted by Gasteiger charge is -2.36. The number of amides is 1. The van der Waals surface area contributed by atoms with Crippen molar-refractivity contribution >= 4 is 5.91 Å². The second kappa shape index (κ2) is 7.96. The Morgan fingerprint density at radius 3 is 2.46 bits per heavy atom. The van der Waals surface area contributed by atoms with Crippen LogP contribution in [0, 0.1) is 13.8 Å². The third-order valence-electron chi connectivity index (χ3n) is 5.26. The van der Waals surface area contributed by atoms with Gasteiger partial charge in [-0.25, -0.2) is 9.97 Å². The minimum atomic E-state index is -0.228. The smallest absolute Gasteiger partial charge is 0.244 e. The Balaban J connectivity index is 1.71. The highest BCUT2D eigenvalue weighted by Crippen LogP contribution is 2.30. The molecule has 0 aliphatic carbocycles. The predicted octanol–water partition coefficient (Wildman–Crippen LogP) is 3.10. The van der Waals surface area contributed by atoms with Gasteiger partial charge in [0.1, 0.15) is 11.9 Å². The quantitative estimate of drug-likeness (QED) is 0.848. The van der Waals surface area contributed by atoms with E-state index < -0.39 is 0 Å². The highest BCUT2D eigenvalue weighted by Gasteiger charge is 2.32. The minimum Gasteiger partial charge on any atom is -0.341 e. The molecule has 0 radical (unpaired) electrons. The Morgan fingerprint density at radius 2 is 1.85 bits per heavy atom. The summed E-state index contributed by atoms with van der Waals surface area (Å²) in [6, 6.07) is 9.94. The van der Waals surface area contributed by atoms with Gasteiger partial charge in [0.15, 0.2) is 0 Å². The van der Waals surface area contributed by atoms with Crippen molar-refractivity contribution in [3.63, 3.8) is 0 Å². The highest BCUT2D eigenvalue weighted by molar-refractivity contribution is 5.83. The second-order valence-electron chi connectivity index (χ2n) is 7.35. The molecule has 3 rings (SSSR count). The van der Waals surface area contributed by atoms with Gasteiger partial charge in [0, 0.05) is 30.9 Å². The van der Waals surface area contributed by atoms with Crippen molar-refractivity contribution < 1.29 is 4.79 Å². The van der Waals surface area contributed by atoms with Gasteiger partial charge in [-0.15, -0.1) is 0 Å². The zero-order valence-electron chi connectivity index (χ0n) is 16.1. The van der Waals surface area contributed by atoms with Gasteiger partial charge in [0.25, 0.3) is 0 Å². The third-order valence-corrected chi connectivity index (χ3v) is 5.26. The lowest BCUT2D eigenvalue weighted by atomic mass is 9.92. The monoisotopic (exact) mass is 352 g/mol. The summed E-state index contributed by atoms with van der Waals surface area (Å²) >= 11 is 0. The summed E-state index contributed by atoms with van der Waals surface area (Å²) in [5.41, 5.74) is 3.36. The summed E-state index contributed by atoms with van der Waals surface area (Å²) in [5, 5.41) is 0. The topological polar surface area (TPSA) is 49.3 Å². The molecule has 5 nitrogen and oxygen atoms in total. The lowest BCUT2D eigenvalue weighted by molar-refractivity contribution is -0.137. The van der Waals surface area contributed by atoms with Crippen LogP contribution in [0.5, 0.6) is 0 Å². The van der Waals surface area contributed by atoms with Gasteiger partial charge in [0.2, 0.25) is 5.91 Å². The standard InChI is InChI=1S/C21H28N4O/c1-15-7-5-6-8-18(15)20(24(3)4)21(26)25-13-10-17(11-14-25)19-9-12-22-16(2)23-19/h5-9,12,17,20H,10-11,13-14H2,1-4H3. The van der Waals surface area contributed by atoms with E-state index in [-0.39, 0.29) is 11.9 Å². The van der Waals surface area contributed by atoms with Gasteiger partial charge < -0.3 is 4.90 Å². The van der Waals surface area contributed by atoms with E-state index in [1.807, 2.05) is 55.2 Å². The van der Waals surface area contributed by atoms with Gasteiger partial charge in [-0.3, -0.25) is 9.69 Å². The number of aromatic nitrogens is 2. The largest absolute Gasteiger partial charge is 0.341 e.